The fourth-order valence-electron chi connectivity index (χ4n) is 3.66. The first-order valence-corrected chi connectivity index (χ1v) is 8.45. The largest absolute Gasteiger partial charge is 0.497 e. The first-order chi connectivity index (χ1) is 10.8. The van der Waals surface area contributed by atoms with Gasteiger partial charge in [-0.15, -0.1) is 0 Å². The lowest BCUT2D eigenvalue weighted by Gasteiger charge is -2.40. The van der Waals surface area contributed by atoms with Crippen molar-refractivity contribution in [3.63, 3.8) is 0 Å². The lowest BCUT2D eigenvalue weighted by atomic mass is 9.99. The van der Waals surface area contributed by atoms with Gasteiger partial charge in [-0.25, -0.2) is 0 Å². The van der Waals surface area contributed by atoms with Gasteiger partial charge in [0.1, 0.15) is 5.75 Å². The highest BCUT2D eigenvalue weighted by Crippen LogP contribution is 2.22. The Morgan fingerprint density at radius 2 is 1.82 bits per heavy atom. The van der Waals surface area contributed by atoms with Crippen LogP contribution in [0.3, 0.4) is 0 Å². The second kappa shape index (κ2) is 7.14. The maximum absolute atomic E-state index is 12.6. The van der Waals surface area contributed by atoms with Gasteiger partial charge in [0.25, 0.3) is 5.91 Å². The number of methoxy groups -OCH3 is 1. The van der Waals surface area contributed by atoms with Crippen molar-refractivity contribution in [2.24, 2.45) is 0 Å². The van der Waals surface area contributed by atoms with Crippen LogP contribution in [0.25, 0.3) is 0 Å². The zero-order chi connectivity index (χ0) is 15.4. The number of rotatable bonds is 3. The van der Waals surface area contributed by atoms with E-state index in [1.807, 2.05) is 29.2 Å². The van der Waals surface area contributed by atoms with Crippen LogP contribution >= 0.6 is 0 Å². The normalized spacial score (nSPS) is 20.9. The summed E-state index contributed by atoms with van der Waals surface area (Å²) < 4.78 is 5.21. The Labute approximate surface area is 133 Å². The van der Waals surface area contributed by atoms with E-state index in [1.165, 1.54) is 32.4 Å². The molecule has 2 saturated heterocycles. The van der Waals surface area contributed by atoms with E-state index >= 15 is 0 Å². The second-order valence-corrected chi connectivity index (χ2v) is 6.35. The zero-order valence-electron chi connectivity index (χ0n) is 13.5. The molecule has 2 heterocycles. The molecule has 120 valence electrons. The summed E-state index contributed by atoms with van der Waals surface area (Å²) >= 11 is 0. The molecule has 2 aliphatic heterocycles. The van der Waals surface area contributed by atoms with E-state index in [2.05, 4.69) is 4.90 Å². The van der Waals surface area contributed by atoms with E-state index < -0.39 is 0 Å². The molecule has 1 amide bonds. The van der Waals surface area contributed by atoms with Gasteiger partial charge in [0, 0.05) is 24.7 Å². The minimum absolute atomic E-state index is 0.135. The summed E-state index contributed by atoms with van der Waals surface area (Å²) in [7, 11) is 1.63. The number of amides is 1. The Morgan fingerprint density at radius 3 is 2.50 bits per heavy atom. The van der Waals surface area contributed by atoms with Crippen molar-refractivity contribution >= 4 is 5.91 Å². The molecule has 0 saturated carbocycles. The fourth-order valence-corrected chi connectivity index (χ4v) is 3.66. The van der Waals surface area contributed by atoms with Crippen LogP contribution in [0.1, 0.15) is 42.5 Å². The standard InChI is InChI=1S/C18H26N2O2/c1-22-17-7-5-6-15(14-17)18(21)20-12-8-16(9-13-20)19-10-3-2-4-11-19/h5-7,14,16H,2-4,8-13H2,1H3. The van der Waals surface area contributed by atoms with Crippen molar-refractivity contribution in [3.8, 4) is 5.75 Å². The van der Waals surface area contributed by atoms with Crippen LogP contribution in [0.5, 0.6) is 5.75 Å². The summed E-state index contributed by atoms with van der Waals surface area (Å²) in [5.74, 6) is 0.880. The molecule has 1 aromatic rings. The number of carbonyl (C=O) groups is 1. The van der Waals surface area contributed by atoms with E-state index in [0.29, 0.717) is 6.04 Å². The number of hydrogen-bond donors (Lipinski definition) is 0. The van der Waals surface area contributed by atoms with Crippen molar-refractivity contribution in [1.82, 2.24) is 9.80 Å². The van der Waals surface area contributed by atoms with Crippen LogP contribution < -0.4 is 4.74 Å². The van der Waals surface area contributed by atoms with E-state index in [9.17, 15) is 4.79 Å². The summed E-state index contributed by atoms with van der Waals surface area (Å²) in [6.07, 6.45) is 6.26. The van der Waals surface area contributed by atoms with Gasteiger partial charge < -0.3 is 14.5 Å². The second-order valence-electron chi connectivity index (χ2n) is 6.35. The van der Waals surface area contributed by atoms with Crippen molar-refractivity contribution in [3.05, 3.63) is 29.8 Å². The third kappa shape index (κ3) is 3.43. The highest BCUT2D eigenvalue weighted by Gasteiger charge is 2.28. The molecule has 4 heteroatoms. The predicted octanol–water partition coefficient (Wildman–Crippen LogP) is 2.79. The average Bonchev–Trinajstić information content (AvgIpc) is 2.62. The van der Waals surface area contributed by atoms with E-state index in [-0.39, 0.29) is 5.91 Å². The summed E-state index contributed by atoms with van der Waals surface area (Å²) in [4.78, 5) is 17.2. The molecular formula is C18H26N2O2. The number of hydrogen-bond acceptors (Lipinski definition) is 3. The summed E-state index contributed by atoms with van der Waals surface area (Å²) in [6.45, 7) is 4.23. The number of benzene rings is 1. The van der Waals surface area contributed by atoms with Crippen LogP contribution in [0.2, 0.25) is 0 Å². The van der Waals surface area contributed by atoms with Gasteiger partial charge in [0.15, 0.2) is 0 Å². The van der Waals surface area contributed by atoms with Crippen LogP contribution in [-0.4, -0.2) is 55.0 Å². The maximum Gasteiger partial charge on any atom is 0.253 e. The molecule has 0 N–H and O–H groups in total. The van der Waals surface area contributed by atoms with Crippen LogP contribution in [0, 0.1) is 0 Å². The number of ether oxygens (including phenoxy) is 1. The van der Waals surface area contributed by atoms with Gasteiger partial charge in [0.2, 0.25) is 0 Å². The van der Waals surface area contributed by atoms with Gasteiger partial charge in [-0.3, -0.25) is 4.79 Å². The minimum Gasteiger partial charge on any atom is -0.497 e. The molecule has 0 atom stereocenters. The Kier molecular flexibility index (Phi) is 4.98. The Hall–Kier alpha value is -1.55. The maximum atomic E-state index is 12.6. The van der Waals surface area contributed by atoms with Crippen LogP contribution in [-0.2, 0) is 0 Å². The third-order valence-electron chi connectivity index (χ3n) is 4.98. The predicted molar refractivity (Wildman–Crippen MR) is 87.3 cm³/mol. The molecule has 0 spiro atoms. The van der Waals surface area contributed by atoms with Gasteiger partial charge in [-0.05, 0) is 57.0 Å². The molecule has 0 radical (unpaired) electrons. The molecule has 0 unspecified atom stereocenters. The highest BCUT2D eigenvalue weighted by molar-refractivity contribution is 5.94. The molecule has 0 aromatic heterocycles. The van der Waals surface area contributed by atoms with Crippen molar-refractivity contribution in [2.75, 3.05) is 33.3 Å². The molecule has 1 aromatic carbocycles. The lowest BCUT2D eigenvalue weighted by molar-refractivity contribution is 0.0589. The van der Waals surface area contributed by atoms with Crippen LogP contribution in [0.4, 0.5) is 0 Å². The SMILES string of the molecule is COc1cccc(C(=O)N2CCC(N3CCCCC3)CC2)c1. The van der Waals surface area contributed by atoms with Crippen molar-refractivity contribution < 1.29 is 9.53 Å². The summed E-state index contributed by atoms with van der Waals surface area (Å²) in [6, 6.07) is 8.14. The first-order valence-electron chi connectivity index (χ1n) is 8.45. The quantitative estimate of drug-likeness (QED) is 0.861. The number of piperidine rings is 2. The molecule has 22 heavy (non-hydrogen) atoms. The topological polar surface area (TPSA) is 32.8 Å². The Balaban J connectivity index is 1.57. The first kappa shape index (κ1) is 15.3. The van der Waals surface area contributed by atoms with Gasteiger partial charge in [-0.2, -0.15) is 0 Å². The Bertz CT molecular complexity index is 504. The molecule has 2 fully saturated rings. The monoisotopic (exact) mass is 302 g/mol. The van der Waals surface area contributed by atoms with Gasteiger partial charge in [-0.1, -0.05) is 12.5 Å². The number of nitrogens with zero attached hydrogens (tertiary/aromatic N) is 2. The van der Waals surface area contributed by atoms with Gasteiger partial charge >= 0.3 is 0 Å². The van der Waals surface area contributed by atoms with E-state index in [0.717, 1.165) is 37.2 Å². The van der Waals surface area contributed by atoms with Crippen molar-refractivity contribution in [1.29, 1.82) is 0 Å². The van der Waals surface area contributed by atoms with E-state index in [4.69, 9.17) is 4.74 Å². The van der Waals surface area contributed by atoms with Crippen LogP contribution in [0.15, 0.2) is 24.3 Å². The molecule has 3 rings (SSSR count). The zero-order valence-corrected chi connectivity index (χ0v) is 13.5. The summed E-state index contributed by atoms with van der Waals surface area (Å²) in [5, 5.41) is 0. The lowest BCUT2D eigenvalue weighted by Crippen LogP contribution is -2.48. The number of carbonyl (C=O) groups excluding carboxylic acids is 1. The van der Waals surface area contributed by atoms with Crippen molar-refractivity contribution in [2.45, 2.75) is 38.1 Å². The molecule has 4 nitrogen and oxygen atoms in total. The highest BCUT2D eigenvalue weighted by atomic mass is 16.5. The number of likely N-dealkylation sites (tertiary alicyclic amines) is 2. The van der Waals surface area contributed by atoms with Gasteiger partial charge in [0.05, 0.1) is 7.11 Å². The Morgan fingerprint density at radius 1 is 1.09 bits per heavy atom. The van der Waals surface area contributed by atoms with E-state index in [1.54, 1.807) is 7.11 Å². The molecular weight excluding hydrogens is 276 g/mol. The fraction of sp³-hybridized carbons (Fsp3) is 0.611. The average molecular weight is 302 g/mol. The molecule has 0 bridgehead atoms. The third-order valence-corrected chi connectivity index (χ3v) is 4.98. The minimum atomic E-state index is 0.135. The smallest absolute Gasteiger partial charge is 0.253 e. The molecule has 0 aliphatic carbocycles. The summed E-state index contributed by atoms with van der Waals surface area (Å²) in [5.41, 5.74) is 0.732. The molecule has 2 aliphatic rings.